The molecule has 14 heavy (non-hydrogen) atoms. The minimum atomic E-state index is -0.00389. The number of ether oxygens (including phenoxy) is 2. The van der Waals surface area contributed by atoms with E-state index in [2.05, 4.69) is 0 Å². The number of aromatic hydroxyl groups is 1. The Morgan fingerprint density at radius 1 is 1.36 bits per heavy atom. The molecule has 0 bridgehead atoms. The lowest BCUT2D eigenvalue weighted by atomic mass is 9.94. The first-order chi connectivity index (χ1) is 6.84. The molecule has 1 fully saturated rings. The van der Waals surface area contributed by atoms with Gasteiger partial charge in [-0.1, -0.05) is 12.1 Å². The van der Waals surface area contributed by atoms with Crippen LogP contribution in [0, 0.1) is 0 Å². The second-order valence-electron chi connectivity index (χ2n) is 3.51. The molecule has 1 aliphatic carbocycles. The Hall–Kier alpha value is -1.48. The number of phenols is 1. The van der Waals surface area contributed by atoms with Crippen molar-refractivity contribution in [2.24, 2.45) is 0 Å². The lowest BCUT2D eigenvalue weighted by molar-refractivity contribution is 0.0500. The topological polar surface area (TPSA) is 38.7 Å². The lowest BCUT2D eigenvalue weighted by Crippen LogP contribution is -2.16. The average molecular weight is 190 g/mol. The van der Waals surface area contributed by atoms with Crippen molar-refractivity contribution in [3.8, 4) is 5.75 Å². The molecular weight excluding hydrogens is 180 g/mol. The summed E-state index contributed by atoms with van der Waals surface area (Å²) in [5, 5.41) is 9.65. The molecule has 1 unspecified atom stereocenters. The first-order valence-corrected chi connectivity index (χ1v) is 4.61. The molecule has 0 aromatic heterocycles. The maximum absolute atomic E-state index is 9.65. The minimum absolute atomic E-state index is 0.00389. The van der Waals surface area contributed by atoms with Gasteiger partial charge in [-0.2, -0.15) is 0 Å². The number of hydrogen-bond acceptors (Lipinski definition) is 3. The van der Waals surface area contributed by atoms with Crippen LogP contribution in [0.15, 0.2) is 24.0 Å². The van der Waals surface area contributed by atoms with Crippen LogP contribution in [0.3, 0.4) is 0 Å². The summed E-state index contributed by atoms with van der Waals surface area (Å²) >= 11 is 0. The van der Waals surface area contributed by atoms with E-state index in [0.29, 0.717) is 19.0 Å². The smallest absolute Gasteiger partial charge is 0.189 e. The van der Waals surface area contributed by atoms with E-state index < -0.39 is 0 Å². The molecule has 1 N–H and O–H groups in total. The zero-order valence-corrected chi connectivity index (χ0v) is 7.56. The largest absolute Gasteiger partial charge is 0.508 e. The molecule has 3 nitrogen and oxygen atoms in total. The maximum Gasteiger partial charge on any atom is 0.189 e. The molecule has 0 radical (unpaired) electrons. The Kier molecular flexibility index (Phi) is 1.55. The van der Waals surface area contributed by atoms with Crippen LogP contribution >= 0.6 is 0 Å². The van der Waals surface area contributed by atoms with Gasteiger partial charge in [0.1, 0.15) is 17.6 Å². The van der Waals surface area contributed by atoms with Crippen molar-refractivity contribution in [2.75, 3.05) is 6.79 Å². The van der Waals surface area contributed by atoms with Crippen LogP contribution in [-0.2, 0) is 15.9 Å². The van der Waals surface area contributed by atoms with Gasteiger partial charge < -0.3 is 14.6 Å². The summed E-state index contributed by atoms with van der Waals surface area (Å²) in [4.78, 5) is 0. The fourth-order valence-electron chi connectivity index (χ4n) is 1.94. The summed E-state index contributed by atoms with van der Waals surface area (Å²) in [6, 6.07) is 5.51. The molecule has 0 saturated carbocycles. The highest BCUT2D eigenvalue weighted by atomic mass is 16.7. The van der Waals surface area contributed by atoms with Gasteiger partial charge in [0.05, 0.1) is 0 Å². The van der Waals surface area contributed by atoms with Crippen molar-refractivity contribution in [2.45, 2.75) is 12.5 Å². The van der Waals surface area contributed by atoms with Crippen molar-refractivity contribution in [1.29, 1.82) is 0 Å². The summed E-state index contributed by atoms with van der Waals surface area (Å²) in [5.41, 5.74) is 1.98. The van der Waals surface area contributed by atoms with Gasteiger partial charge in [-0.25, -0.2) is 0 Å². The van der Waals surface area contributed by atoms with E-state index in [1.807, 2.05) is 18.2 Å². The zero-order chi connectivity index (χ0) is 9.54. The second kappa shape index (κ2) is 2.75. The summed E-state index contributed by atoms with van der Waals surface area (Å²) < 4.78 is 10.7. The van der Waals surface area contributed by atoms with Gasteiger partial charge in [0.15, 0.2) is 6.79 Å². The average Bonchev–Trinajstić information content (AvgIpc) is 2.62. The highest BCUT2D eigenvalue weighted by Crippen LogP contribution is 2.34. The quantitative estimate of drug-likeness (QED) is 0.676. The van der Waals surface area contributed by atoms with Gasteiger partial charge in [0, 0.05) is 12.0 Å². The highest BCUT2D eigenvalue weighted by Gasteiger charge is 2.29. The van der Waals surface area contributed by atoms with Crippen molar-refractivity contribution in [3.63, 3.8) is 0 Å². The van der Waals surface area contributed by atoms with Crippen LogP contribution in [0.2, 0.25) is 0 Å². The second-order valence-corrected chi connectivity index (χ2v) is 3.51. The third-order valence-corrected chi connectivity index (χ3v) is 2.69. The highest BCUT2D eigenvalue weighted by molar-refractivity contribution is 5.63. The monoisotopic (exact) mass is 190 g/mol. The number of benzene rings is 1. The Labute approximate surface area is 81.6 Å². The Balaban J connectivity index is 2.13. The SMILES string of the molecule is Oc1cccc2c1CC1OCOC1=C2. The lowest BCUT2D eigenvalue weighted by Gasteiger charge is -2.18. The third kappa shape index (κ3) is 1.02. The predicted molar refractivity (Wildman–Crippen MR) is 50.6 cm³/mol. The minimum Gasteiger partial charge on any atom is -0.508 e. The Morgan fingerprint density at radius 2 is 2.29 bits per heavy atom. The van der Waals surface area contributed by atoms with Crippen LogP contribution in [0.4, 0.5) is 0 Å². The molecule has 1 saturated heterocycles. The van der Waals surface area contributed by atoms with Crippen molar-refractivity contribution < 1.29 is 14.6 Å². The van der Waals surface area contributed by atoms with Gasteiger partial charge >= 0.3 is 0 Å². The van der Waals surface area contributed by atoms with E-state index in [1.54, 1.807) is 6.07 Å². The van der Waals surface area contributed by atoms with Gasteiger partial charge in [-0.3, -0.25) is 0 Å². The molecule has 1 aromatic rings. The normalized spacial score (nSPS) is 23.4. The molecule has 1 heterocycles. The molecule has 1 aliphatic heterocycles. The van der Waals surface area contributed by atoms with Gasteiger partial charge in [-0.15, -0.1) is 0 Å². The van der Waals surface area contributed by atoms with Gasteiger partial charge in [0.25, 0.3) is 0 Å². The van der Waals surface area contributed by atoms with Crippen LogP contribution in [0.5, 0.6) is 5.75 Å². The number of hydrogen-bond donors (Lipinski definition) is 1. The molecule has 0 spiro atoms. The van der Waals surface area contributed by atoms with Crippen LogP contribution in [0.1, 0.15) is 11.1 Å². The van der Waals surface area contributed by atoms with Crippen LogP contribution in [-0.4, -0.2) is 18.0 Å². The van der Waals surface area contributed by atoms with E-state index >= 15 is 0 Å². The Bertz CT molecular complexity index is 409. The van der Waals surface area contributed by atoms with Crippen LogP contribution < -0.4 is 0 Å². The number of fused-ring (bicyclic) bond motifs is 2. The summed E-state index contributed by atoms with van der Waals surface area (Å²) in [7, 11) is 0. The molecule has 1 aromatic carbocycles. The van der Waals surface area contributed by atoms with Crippen LogP contribution in [0.25, 0.3) is 6.08 Å². The van der Waals surface area contributed by atoms with E-state index in [9.17, 15) is 5.11 Å². The van der Waals surface area contributed by atoms with Gasteiger partial charge in [-0.05, 0) is 17.7 Å². The maximum atomic E-state index is 9.65. The summed E-state index contributed by atoms with van der Waals surface area (Å²) in [5.74, 6) is 1.22. The fraction of sp³-hybridized carbons (Fsp3) is 0.273. The van der Waals surface area contributed by atoms with Crippen molar-refractivity contribution >= 4 is 6.08 Å². The van der Waals surface area contributed by atoms with Gasteiger partial charge in [0.2, 0.25) is 0 Å². The first kappa shape index (κ1) is 7.88. The van der Waals surface area contributed by atoms with Crippen molar-refractivity contribution in [1.82, 2.24) is 0 Å². The molecule has 3 rings (SSSR count). The van der Waals surface area contributed by atoms with Crippen molar-refractivity contribution in [3.05, 3.63) is 35.1 Å². The first-order valence-electron chi connectivity index (χ1n) is 4.61. The summed E-state index contributed by atoms with van der Waals surface area (Å²) in [6.45, 7) is 0.325. The molecule has 0 amide bonds. The van der Waals surface area contributed by atoms with E-state index in [1.165, 1.54) is 0 Å². The zero-order valence-electron chi connectivity index (χ0n) is 7.56. The fourth-order valence-corrected chi connectivity index (χ4v) is 1.94. The molecule has 3 heteroatoms. The molecular formula is C11H10O3. The van der Waals surface area contributed by atoms with E-state index in [4.69, 9.17) is 9.47 Å². The molecule has 72 valence electrons. The summed E-state index contributed by atoms with van der Waals surface area (Å²) in [6.07, 6.45) is 2.64. The Morgan fingerprint density at radius 3 is 3.21 bits per heavy atom. The number of phenolic OH excluding ortho intramolecular Hbond substituents is 1. The number of rotatable bonds is 0. The van der Waals surface area contributed by atoms with E-state index in [-0.39, 0.29) is 6.10 Å². The molecule has 1 atom stereocenters. The molecule has 2 aliphatic rings. The predicted octanol–water partition coefficient (Wildman–Crippen LogP) is 1.66. The standard InChI is InChI=1S/C11H10O3/c12-9-3-1-2-7-4-10-11(5-8(7)9)14-6-13-10/h1-4,11-12H,5-6H2. The third-order valence-electron chi connectivity index (χ3n) is 2.69. The van der Waals surface area contributed by atoms with E-state index in [0.717, 1.165) is 16.9 Å².